The van der Waals surface area contributed by atoms with Crippen molar-refractivity contribution >= 4 is 65.3 Å². The molecule has 0 aliphatic rings. The van der Waals surface area contributed by atoms with Crippen molar-refractivity contribution in [3.05, 3.63) is 206 Å². The fourth-order valence-corrected chi connectivity index (χ4v) is 9.03. The SMILES string of the molecule is c1ccc(-c2ccc3ccc4ccc(-c5cccc(-c6cccc7c6c6ccc8c(-c9ccccc9)nc9ccccc9c8c6n7-c6ccccc6)c5)nc4c3n2)cc1. The molecule has 0 saturated heterocycles. The summed E-state index contributed by atoms with van der Waals surface area (Å²) in [5, 5.41) is 8.01. The molecule has 4 heterocycles. The van der Waals surface area contributed by atoms with E-state index in [1.165, 1.54) is 27.2 Å². The van der Waals surface area contributed by atoms with Crippen molar-refractivity contribution in [1.29, 1.82) is 0 Å². The molecule has 0 radical (unpaired) electrons. The molecule has 12 rings (SSSR count). The third kappa shape index (κ3) is 5.34. The van der Waals surface area contributed by atoms with E-state index in [-0.39, 0.29) is 0 Å². The Morgan fingerprint density at radius 3 is 1.68 bits per heavy atom. The normalized spacial score (nSPS) is 11.7. The second-order valence-electron chi connectivity index (χ2n) is 15.1. The summed E-state index contributed by atoms with van der Waals surface area (Å²) in [6.45, 7) is 0. The van der Waals surface area contributed by atoms with Gasteiger partial charge in [0.15, 0.2) is 0 Å². The molecule has 4 nitrogen and oxygen atoms in total. The Morgan fingerprint density at radius 2 is 0.932 bits per heavy atom. The van der Waals surface area contributed by atoms with Gasteiger partial charge in [-0.15, -0.1) is 0 Å². The summed E-state index contributed by atoms with van der Waals surface area (Å²) < 4.78 is 2.45. The van der Waals surface area contributed by atoms with Crippen LogP contribution in [0, 0.1) is 0 Å². The van der Waals surface area contributed by atoms with Gasteiger partial charge in [0.2, 0.25) is 0 Å². The van der Waals surface area contributed by atoms with Gasteiger partial charge in [0, 0.05) is 60.1 Å². The summed E-state index contributed by atoms with van der Waals surface area (Å²) in [5.74, 6) is 0. The van der Waals surface area contributed by atoms with Gasteiger partial charge in [-0.1, -0.05) is 164 Å². The molecule has 0 spiro atoms. The quantitative estimate of drug-likeness (QED) is 0.165. The highest BCUT2D eigenvalue weighted by atomic mass is 15.0. The lowest BCUT2D eigenvalue weighted by atomic mass is 9.94. The van der Waals surface area contributed by atoms with E-state index in [0.717, 1.165) is 88.6 Å². The standard InChI is InChI=1S/C55H34N4/c1-4-14-35(15-5-1)46-32-28-37-26-27-38-29-33-47(57-54(38)53(37)56-46)40-19-12-18-39(34-40)42-23-13-25-49-50(42)45-31-30-44-51(55(45)59(49)41-20-8-3-9-21-41)43-22-10-11-24-48(43)58-52(44)36-16-6-2-7-17-36/h1-34H. The lowest BCUT2D eigenvalue weighted by Gasteiger charge is -2.14. The van der Waals surface area contributed by atoms with E-state index in [1.54, 1.807) is 0 Å². The van der Waals surface area contributed by atoms with E-state index in [4.69, 9.17) is 15.0 Å². The molecule has 0 unspecified atom stereocenters. The number of para-hydroxylation sites is 2. The van der Waals surface area contributed by atoms with Crippen LogP contribution in [0.2, 0.25) is 0 Å². The topological polar surface area (TPSA) is 43.6 Å². The smallest absolute Gasteiger partial charge is 0.0972 e. The minimum Gasteiger partial charge on any atom is -0.309 e. The largest absolute Gasteiger partial charge is 0.309 e. The Kier molecular flexibility index (Phi) is 7.50. The molecule has 0 fully saturated rings. The predicted octanol–water partition coefficient (Wildman–Crippen LogP) is 14.2. The van der Waals surface area contributed by atoms with Crippen LogP contribution in [-0.2, 0) is 0 Å². The van der Waals surface area contributed by atoms with Crippen LogP contribution >= 0.6 is 0 Å². The first-order valence-corrected chi connectivity index (χ1v) is 20.0. The molecule has 59 heavy (non-hydrogen) atoms. The number of hydrogen-bond acceptors (Lipinski definition) is 3. The average Bonchev–Trinajstić information content (AvgIpc) is 3.66. The molecule has 0 amide bonds. The highest BCUT2D eigenvalue weighted by Crippen LogP contribution is 2.45. The highest BCUT2D eigenvalue weighted by molar-refractivity contribution is 6.28. The fraction of sp³-hybridized carbons (Fsp3) is 0. The zero-order chi connectivity index (χ0) is 38.9. The molecule has 8 aromatic carbocycles. The Hall–Kier alpha value is -7.95. The van der Waals surface area contributed by atoms with Crippen molar-refractivity contribution < 1.29 is 0 Å². The van der Waals surface area contributed by atoms with Gasteiger partial charge < -0.3 is 4.57 Å². The third-order valence-electron chi connectivity index (χ3n) is 11.7. The molecule has 0 aliphatic heterocycles. The first-order valence-electron chi connectivity index (χ1n) is 20.0. The highest BCUT2D eigenvalue weighted by Gasteiger charge is 2.22. The van der Waals surface area contributed by atoms with Gasteiger partial charge in [-0.05, 0) is 53.6 Å². The summed E-state index contributed by atoms with van der Waals surface area (Å²) >= 11 is 0. The maximum Gasteiger partial charge on any atom is 0.0972 e. The van der Waals surface area contributed by atoms with E-state index in [1.807, 2.05) is 6.07 Å². The molecule has 4 heteroatoms. The molecular weight excluding hydrogens is 717 g/mol. The van der Waals surface area contributed by atoms with Gasteiger partial charge in [0.05, 0.1) is 44.7 Å². The zero-order valence-corrected chi connectivity index (χ0v) is 31.9. The summed E-state index contributed by atoms with van der Waals surface area (Å²) in [5.41, 5.74) is 14.6. The van der Waals surface area contributed by atoms with Crippen LogP contribution in [-0.4, -0.2) is 19.5 Å². The van der Waals surface area contributed by atoms with Gasteiger partial charge in [0.1, 0.15) is 0 Å². The van der Waals surface area contributed by atoms with Gasteiger partial charge in [-0.2, -0.15) is 0 Å². The molecule has 0 N–H and O–H groups in total. The average molecular weight is 751 g/mol. The van der Waals surface area contributed by atoms with E-state index < -0.39 is 0 Å². The van der Waals surface area contributed by atoms with Crippen molar-refractivity contribution in [2.45, 2.75) is 0 Å². The number of hydrogen-bond donors (Lipinski definition) is 0. The number of nitrogens with zero attached hydrogens (tertiary/aromatic N) is 4. The Morgan fingerprint density at radius 1 is 0.356 bits per heavy atom. The molecule has 274 valence electrons. The van der Waals surface area contributed by atoms with Crippen LogP contribution in [0.25, 0.3) is 116 Å². The second-order valence-corrected chi connectivity index (χ2v) is 15.1. The first kappa shape index (κ1) is 33.2. The molecule has 0 saturated carbocycles. The first-order chi connectivity index (χ1) is 29.3. The van der Waals surface area contributed by atoms with Crippen molar-refractivity contribution in [3.8, 4) is 50.6 Å². The van der Waals surface area contributed by atoms with Crippen molar-refractivity contribution in [3.63, 3.8) is 0 Å². The third-order valence-corrected chi connectivity index (χ3v) is 11.7. The van der Waals surface area contributed by atoms with Gasteiger partial charge in [-0.3, -0.25) is 0 Å². The fourth-order valence-electron chi connectivity index (χ4n) is 9.03. The Labute approximate surface area is 340 Å². The lowest BCUT2D eigenvalue weighted by molar-refractivity contribution is 1.19. The van der Waals surface area contributed by atoms with Crippen LogP contribution in [0.1, 0.15) is 0 Å². The van der Waals surface area contributed by atoms with Crippen LogP contribution in [0.5, 0.6) is 0 Å². The van der Waals surface area contributed by atoms with Crippen molar-refractivity contribution in [2.24, 2.45) is 0 Å². The minimum absolute atomic E-state index is 0.902. The molecular formula is C55H34N4. The van der Waals surface area contributed by atoms with E-state index in [9.17, 15) is 0 Å². The molecule has 0 atom stereocenters. The lowest BCUT2D eigenvalue weighted by Crippen LogP contribution is -1.96. The van der Waals surface area contributed by atoms with Crippen molar-refractivity contribution in [1.82, 2.24) is 19.5 Å². The molecule has 12 aromatic rings. The number of aromatic nitrogens is 4. The Balaban J connectivity index is 1.10. The number of pyridine rings is 3. The minimum atomic E-state index is 0.902. The molecule has 0 aliphatic carbocycles. The van der Waals surface area contributed by atoms with Crippen LogP contribution < -0.4 is 0 Å². The van der Waals surface area contributed by atoms with E-state index >= 15 is 0 Å². The summed E-state index contributed by atoms with van der Waals surface area (Å²) in [6, 6.07) is 73.2. The van der Waals surface area contributed by atoms with Crippen LogP contribution in [0.4, 0.5) is 0 Å². The summed E-state index contributed by atoms with van der Waals surface area (Å²) in [7, 11) is 0. The number of fused-ring (bicyclic) bond motifs is 10. The maximum atomic E-state index is 5.32. The number of rotatable bonds is 5. The number of benzene rings is 8. The van der Waals surface area contributed by atoms with Crippen LogP contribution in [0.15, 0.2) is 206 Å². The zero-order valence-electron chi connectivity index (χ0n) is 31.9. The predicted molar refractivity (Wildman–Crippen MR) is 246 cm³/mol. The van der Waals surface area contributed by atoms with Gasteiger partial charge in [-0.25, -0.2) is 15.0 Å². The Bertz CT molecular complexity index is 3590. The van der Waals surface area contributed by atoms with Gasteiger partial charge in [0.25, 0.3) is 0 Å². The molecule has 0 bridgehead atoms. The summed E-state index contributed by atoms with van der Waals surface area (Å²) in [4.78, 5) is 15.8. The molecule has 4 aromatic heterocycles. The van der Waals surface area contributed by atoms with Gasteiger partial charge >= 0.3 is 0 Å². The van der Waals surface area contributed by atoms with E-state index in [2.05, 4.69) is 205 Å². The second kappa shape index (κ2) is 13.3. The van der Waals surface area contributed by atoms with E-state index in [0.29, 0.717) is 0 Å². The monoisotopic (exact) mass is 750 g/mol. The van der Waals surface area contributed by atoms with Crippen molar-refractivity contribution in [2.75, 3.05) is 0 Å². The van der Waals surface area contributed by atoms with Crippen LogP contribution in [0.3, 0.4) is 0 Å². The maximum absolute atomic E-state index is 5.32. The summed E-state index contributed by atoms with van der Waals surface area (Å²) in [6.07, 6.45) is 0.